The Morgan fingerprint density at radius 1 is 1.64 bits per heavy atom. The molecule has 3 heteroatoms. The Bertz CT molecular complexity index is 218. The molecule has 0 unspecified atom stereocenters. The molecule has 0 saturated carbocycles. The van der Waals surface area contributed by atoms with E-state index in [2.05, 4.69) is 18.9 Å². The minimum Gasteiger partial charge on any atom is -0.477 e. The van der Waals surface area contributed by atoms with Gasteiger partial charge in [0.1, 0.15) is 0 Å². The third-order valence-electron chi connectivity index (χ3n) is 1.41. The van der Waals surface area contributed by atoms with Crippen LogP contribution < -0.4 is 4.74 Å². The second-order valence-corrected chi connectivity index (χ2v) is 2.66. The molecule has 11 heavy (non-hydrogen) atoms. The van der Waals surface area contributed by atoms with Crippen molar-refractivity contribution >= 4 is 0 Å². The van der Waals surface area contributed by atoms with E-state index in [4.69, 9.17) is 4.74 Å². The van der Waals surface area contributed by atoms with E-state index >= 15 is 0 Å². The molecule has 1 heterocycles. The molecule has 0 aliphatic carbocycles. The molecule has 1 rings (SSSR count). The molecule has 0 atom stereocenters. The standard InChI is InChI=1S/C8H14N2O/c1-4-11-8-5-6-10(9-8)7(2)3/h5-7H,4H2,1-3H3. The van der Waals surface area contributed by atoms with Gasteiger partial charge in [0.15, 0.2) is 0 Å². The molecule has 0 saturated heterocycles. The topological polar surface area (TPSA) is 27.1 Å². The van der Waals surface area contributed by atoms with Gasteiger partial charge in [-0.3, -0.25) is 4.68 Å². The maximum atomic E-state index is 5.20. The van der Waals surface area contributed by atoms with Gasteiger partial charge in [0.2, 0.25) is 5.88 Å². The van der Waals surface area contributed by atoms with E-state index in [1.807, 2.05) is 23.9 Å². The Labute approximate surface area is 67.0 Å². The lowest BCUT2D eigenvalue weighted by atomic mass is 10.4. The van der Waals surface area contributed by atoms with Crippen molar-refractivity contribution in [2.75, 3.05) is 6.61 Å². The number of rotatable bonds is 3. The van der Waals surface area contributed by atoms with Crippen LogP contribution in [0.4, 0.5) is 0 Å². The van der Waals surface area contributed by atoms with Crippen LogP contribution in [0.2, 0.25) is 0 Å². The van der Waals surface area contributed by atoms with Crippen molar-refractivity contribution in [3.05, 3.63) is 12.3 Å². The van der Waals surface area contributed by atoms with Gasteiger partial charge in [-0.25, -0.2) is 0 Å². The lowest BCUT2D eigenvalue weighted by Gasteiger charge is -2.03. The van der Waals surface area contributed by atoms with E-state index in [0.29, 0.717) is 18.5 Å². The molecule has 0 amide bonds. The van der Waals surface area contributed by atoms with Gasteiger partial charge >= 0.3 is 0 Å². The molecule has 0 aliphatic rings. The monoisotopic (exact) mass is 154 g/mol. The number of nitrogens with zero attached hydrogens (tertiary/aromatic N) is 2. The van der Waals surface area contributed by atoms with Gasteiger partial charge in [-0.15, -0.1) is 5.10 Å². The molecular formula is C8H14N2O. The Morgan fingerprint density at radius 3 is 2.82 bits per heavy atom. The minimum absolute atomic E-state index is 0.407. The second-order valence-electron chi connectivity index (χ2n) is 2.66. The third kappa shape index (κ3) is 1.97. The third-order valence-corrected chi connectivity index (χ3v) is 1.41. The van der Waals surface area contributed by atoms with Crippen molar-refractivity contribution < 1.29 is 4.74 Å². The summed E-state index contributed by atoms with van der Waals surface area (Å²) in [5.74, 6) is 0.709. The predicted octanol–water partition coefficient (Wildman–Crippen LogP) is 1.86. The molecule has 0 N–H and O–H groups in total. The van der Waals surface area contributed by atoms with Gasteiger partial charge in [-0.2, -0.15) is 0 Å². The molecule has 0 spiro atoms. The normalized spacial score (nSPS) is 10.5. The molecule has 62 valence electrons. The number of hydrogen-bond donors (Lipinski definition) is 0. The van der Waals surface area contributed by atoms with Gasteiger partial charge in [-0.1, -0.05) is 0 Å². The average molecular weight is 154 g/mol. The summed E-state index contributed by atoms with van der Waals surface area (Å²) in [6.07, 6.45) is 1.93. The smallest absolute Gasteiger partial charge is 0.232 e. The van der Waals surface area contributed by atoms with Crippen LogP contribution in [0, 0.1) is 0 Å². The van der Waals surface area contributed by atoms with E-state index in [9.17, 15) is 0 Å². The van der Waals surface area contributed by atoms with E-state index in [1.165, 1.54) is 0 Å². The van der Waals surface area contributed by atoms with Crippen LogP contribution in [0.15, 0.2) is 12.3 Å². The fourth-order valence-electron chi connectivity index (χ4n) is 0.833. The summed E-state index contributed by atoms with van der Waals surface area (Å²) in [6, 6.07) is 2.29. The quantitative estimate of drug-likeness (QED) is 0.664. The molecule has 3 nitrogen and oxygen atoms in total. The zero-order valence-electron chi connectivity index (χ0n) is 7.24. The fraction of sp³-hybridized carbons (Fsp3) is 0.625. The Balaban J connectivity index is 2.66. The highest BCUT2D eigenvalue weighted by molar-refractivity contribution is 5.05. The second kappa shape index (κ2) is 3.42. The van der Waals surface area contributed by atoms with E-state index in [-0.39, 0.29) is 0 Å². The van der Waals surface area contributed by atoms with Crippen LogP contribution in [0.25, 0.3) is 0 Å². The number of hydrogen-bond acceptors (Lipinski definition) is 2. The molecule has 0 bridgehead atoms. The van der Waals surface area contributed by atoms with Gasteiger partial charge in [0.05, 0.1) is 6.61 Å². The highest BCUT2D eigenvalue weighted by Crippen LogP contribution is 2.09. The SMILES string of the molecule is CCOc1ccn(C(C)C)n1. The number of ether oxygens (including phenoxy) is 1. The molecule has 0 radical (unpaired) electrons. The molecule has 1 aromatic heterocycles. The van der Waals surface area contributed by atoms with Gasteiger partial charge in [0, 0.05) is 18.3 Å². The molecule has 0 aromatic carbocycles. The van der Waals surface area contributed by atoms with E-state index < -0.39 is 0 Å². The lowest BCUT2D eigenvalue weighted by molar-refractivity contribution is 0.319. The molecule has 0 fully saturated rings. The van der Waals surface area contributed by atoms with Crippen molar-refractivity contribution in [1.82, 2.24) is 9.78 Å². The Hall–Kier alpha value is -0.990. The minimum atomic E-state index is 0.407. The summed E-state index contributed by atoms with van der Waals surface area (Å²) in [4.78, 5) is 0. The Morgan fingerprint density at radius 2 is 2.36 bits per heavy atom. The largest absolute Gasteiger partial charge is 0.477 e. The van der Waals surface area contributed by atoms with Crippen LogP contribution in [0.5, 0.6) is 5.88 Å². The van der Waals surface area contributed by atoms with Gasteiger partial charge < -0.3 is 4.74 Å². The van der Waals surface area contributed by atoms with E-state index in [0.717, 1.165) is 0 Å². The maximum absolute atomic E-state index is 5.20. The van der Waals surface area contributed by atoms with Crippen LogP contribution in [0.3, 0.4) is 0 Å². The summed E-state index contributed by atoms with van der Waals surface area (Å²) in [5, 5.41) is 4.19. The number of aromatic nitrogens is 2. The van der Waals surface area contributed by atoms with Crippen LogP contribution in [-0.2, 0) is 0 Å². The van der Waals surface area contributed by atoms with Crippen LogP contribution in [-0.4, -0.2) is 16.4 Å². The first-order valence-electron chi connectivity index (χ1n) is 3.92. The summed E-state index contributed by atoms with van der Waals surface area (Å²) < 4.78 is 7.08. The average Bonchev–Trinajstić information content (AvgIpc) is 2.37. The summed E-state index contributed by atoms with van der Waals surface area (Å²) in [7, 11) is 0. The summed E-state index contributed by atoms with van der Waals surface area (Å²) in [5.41, 5.74) is 0. The first kappa shape index (κ1) is 8.11. The van der Waals surface area contributed by atoms with Crippen LogP contribution in [0.1, 0.15) is 26.8 Å². The maximum Gasteiger partial charge on any atom is 0.232 e. The first-order chi connectivity index (χ1) is 5.24. The van der Waals surface area contributed by atoms with Crippen molar-refractivity contribution in [3.8, 4) is 5.88 Å². The summed E-state index contributed by atoms with van der Waals surface area (Å²) >= 11 is 0. The van der Waals surface area contributed by atoms with E-state index in [1.54, 1.807) is 0 Å². The Kier molecular flexibility index (Phi) is 2.52. The van der Waals surface area contributed by atoms with Crippen molar-refractivity contribution in [1.29, 1.82) is 0 Å². The van der Waals surface area contributed by atoms with Crippen molar-refractivity contribution in [2.24, 2.45) is 0 Å². The zero-order chi connectivity index (χ0) is 8.27. The van der Waals surface area contributed by atoms with Crippen molar-refractivity contribution in [2.45, 2.75) is 26.8 Å². The van der Waals surface area contributed by atoms with Crippen molar-refractivity contribution in [3.63, 3.8) is 0 Å². The highest BCUT2D eigenvalue weighted by Gasteiger charge is 2.00. The first-order valence-corrected chi connectivity index (χ1v) is 3.92. The zero-order valence-corrected chi connectivity index (χ0v) is 7.24. The van der Waals surface area contributed by atoms with Crippen LogP contribution >= 0.6 is 0 Å². The summed E-state index contributed by atoms with van der Waals surface area (Å²) in [6.45, 7) is 6.80. The van der Waals surface area contributed by atoms with Gasteiger partial charge in [-0.05, 0) is 20.8 Å². The fourth-order valence-corrected chi connectivity index (χ4v) is 0.833. The molecule has 1 aromatic rings. The van der Waals surface area contributed by atoms with Gasteiger partial charge in [0.25, 0.3) is 0 Å². The molecule has 0 aliphatic heterocycles. The predicted molar refractivity (Wildman–Crippen MR) is 43.8 cm³/mol. The molecular weight excluding hydrogens is 140 g/mol. The lowest BCUT2D eigenvalue weighted by Crippen LogP contribution is -2.01. The highest BCUT2D eigenvalue weighted by atomic mass is 16.5.